The van der Waals surface area contributed by atoms with Gasteiger partial charge < -0.3 is 9.80 Å². The number of hydrogen-bond acceptors (Lipinski definition) is 2. The molecule has 0 fully saturated rings. The zero-order chi connectivity index (χ0) is 29.1. The van der Waals surface area contributed by atoms with Crippen molar-refractivity contribution in [1.82, 2.24) is 0 Å². The third-order valence-corrected chi connectivity index (χ3v) is 8.12. The molecule has 0 saturated heterocycles. The molecule has 0 amide bonds. The van der Waals surface area contributed by atoms with Crippen LogP contribution in [0.4, 0.5) is 22.7 Å². The Hall–Kier alpha value is -5.08. The summed E-state index contributed by atoms with van der Waals surface area (Å²) in [4.78, 5) is 4.45. The van der Waals surface area contributed by atoms with Gasteiger partial charge in [-0.25, -0.2) is 0 Å². The summed E-state index contributed by atoms with van der Waals surface area (Å²) in [6.07, 6.45) is 0. The SMILES string of the molecule is Cc1ccc(N(C)c2ccc(-c3ccccc3-c3ccccc3-c3ccc(N(C)c4ccc(C)cc4)cc3)cc2)cc1. The van der Waals surface area contributed by atoms with Crippen LogP contribution in [0, 0.1) is 13.8 Å². The lowest BCUT2D eigenvalue weighted by Crippen LogP contribution is -2.09. The van der Waals surface area contributed by atoms with Crippen LogP contribution in [0.1, 0.15) is 11.1 Å². The molecule has 0 atom stereocenters. The standard InChI is InChI=1S/C40H36N2/c1-29-13-21-33(22-14-29)41(3)35-25-17-31(18-26-35)37-9-5-7-11-39(37)40-12-8-6-10-38(40)32-19-27-36(28-20-32)42(4)34-23-15-30(2)16-24-34/h5-28H,1-4H3. The van der Waals surface area contributed by atoms with Crippen LogP contribution in [0.15, 0.2) is 146 Å². The van der Waals surface area contributed by atoms with Crippen molar-refractivity contribution >= 4 is 22.7 Å². The predicted octanol–water partition coefficient (Wildman–Crippen LogP) is 10.8. The molecule has 6 rings (SSSR count). The van der Waals surface area contributed by atoms with Gasteiger partial charge in [0.2, 0.25) is 0 Å². The summed E-state index contributed by atoms with van der Waals surface area (Å²) >= 11 is 0. The fraction of sp³-hybridized carbons (Fsp3) is 0.100. The molecule has 2 nitrogen and oxygen atoms in total. The fourth-order valence-corrected chi connectivity index (χ4v) is 5.50. The summed E-state index contributed by atoms with van der Waals surface area (Å²) in [5, 5.41) is 0. The predicted molar refractivity (Wildman–Crippen MR) is 181 cm³/mol. The zero-order valence-electron chi connectivity index (χ0n) is 24.8. The van der Waals surface area contributed by atoms with E-state index in [9.17, 15) is 0 Å². The van der Waals surface area contributed by atoms with E-state index in [0.29, 0.717) is 0 Å². The Balaban J connectivity index is 1.31. The van der Waals surface area contributed by atoms with E-state index in [4.69, 9.17) is 0 Å². The molecule has 0 bridgehead atoms. The molecule has 6 aromatic carbocycles. The first-order valence-electron chi connectivity index (χ1n) is 14.5. The Kier molecular flexibility index (Phi) is 7.62. The zero-order valence-corrected chi connectivity index (χ0v) is 24.8. The quantitative estimate of drug-likeness (QED) is 0.197. The van der Waals surface area contributed by atoms with Crippen LogP contribution in [0.2, 0.25) is 0 Å². The number of rotatable bonds is 7. The molecule has 0 aliphatic rings. The fourth-order valence-electron chi connectivity index (χ4n) is 5.50. The van der Waals surface area contributed by atoms with Crippen molar-refractivity contribution in [3.8, 4) is 33.4 Å². The number of benzene rings is 6. The Bertz CT molecular complexity index is 1650. The third kappa shape index (κ3) is 5.57. The Morgan fingerprint density at radius 3 is 0.881 bits per heavy atom. The molecule has 0 radical (unpaired) electrons. The molecule has 2 heteroatoms. The van der Waals surface area contributed by atoms with Gasteiger partial charge in [0.1, 0.15) is 0 Å². The minimum atomic E-state index is 1.16. The molecular weight excluding hydrogens is 508 g/mol. The van der Waals surface area contributed by atoms with Crippen LogP contribution in [-0.4, -0.2) is 14.1 Å². The number of nitrogens with zero attached hydrogens (tertiary/aromatic N) is 2. The second kappa shape index (κ2) is 11.8. The minimum Gasteiger partial charge on any atom is -0.345 e. The molecule has 0 unspecified atom stereocenters. The van der Waals surface area contributed by atoms with E-state index < -0.39 is 0 Å². The third-order valence-electron chi connectivity index (χ3n) is 8.12. The van der Waals surface area contributed by atoms with E-state index in [1.54, 1.807) is 0 Å². The number of hydrogen-bond donors (Lipinski definition) is 0. The van der Waals surface area contributed by atoms with Crippen LogP contribution < -0.4 is 9.80 Å². The molecule has 42 heavy (non-hydrogen) atoms. The van der Waals surface area contributed by atoms with Crippen molar-refractivity contribution < 1.29 is 0 Å². The van der Waals surface area contributed by atoms with Gasteiger partial charge in [0.05, 0.1) is 0 Å². The highest BCUT2D eigenvalue weighted by atomic mass is 15.1. The maximum absolute atomic E-state index is 2.24. The van der Waals surface area contributed by atoms with Gasteiger partial charge in [-0.05, 0) is 95.8 Å². The lowest BCUT2D eigenvalue weighted by Gasteiger charge is -2.21. The van der Waals surface area contributed by atoms with E-state index in [0.717, 1.165) is 11.4 Å². The van der Waals surface area contributed by atoms with Crippen molar-refractivity contribution in [2.24, 2.45) is 0 Å². The monoisotopic (exact) mass is 544 g/mol. The molecular formula is C40H36N2. The molecule has 206 valence electrons. The lowest BCUT2D eigenvalue weighted by atomic mass is 9.89. The van der Waals surface area contributed by atoms with E-state index in [-0.39, 0.29) is 0 Å². The van der Waals surface area contributed by atoms with E-state index in [2.05, 4.69) is 183 Å². The largest absolute Gasteiger partial charge is 0.345 e. The lowest BCUT2D eigenvalue weighted by molar-refractivity contribution is 1.20. The average molecular weight is 545 g/mol. The number of aryl methyl sites for hydroxylation is 2. The second-order valence-corrected chi connectivity index (χ2v) is 11.0. The highest BCUT2D eigenvalue weighted by Crippen LogP contribution is 2.39. The van der Waals surface area contributed by atoms with Crippen LogP contribution in [-0.2, 0) is 0 Å². The van der Waals surface area contributed by atoms with E-state index in [1.807, 2.05) is 0 Å². The first-order chi connectivity index (χ1) is 20.5. The molecule has 0 aromatic heterocycles. The normalized spacial score (nSPS) is 10.9. The summed E-state index contributed by atoms with van der Waals surface area (Å²) in [7, 11) is 4.24. The van der Waals surface area contributed by atoms with Gasteiger partial charge in [-0.1, -0.05) is 108 Å². The van der Waals surface area contributed by atoms with Gasteiger partial charge in [0.25, 0.3) is 0 Å². The van der Waals surface area contributed by atoms with Gasteiger partial charge in [0, 0.05) is 36.8 Å². The van der Waals surface area contributed by atoms with Gasteiger partial charge in [-0.15, -0.1) is 0 Å². The van der Waals surface area contributed by atoms with Crippen molar-refractivity contribution in [2.45, 2.75) is 13.8 Å². The average Bonchev–Trinajstić information content (AvgIpc) is 3.05. The number of anilines is 4. The van der Waals surface area contributed by atoms with Crippen molar-refractivity contribution in [3.05, 3.63) is 157 Å². The van der Waals surface area contributed by atoms with Crippen molar-refractivity contribution in [1.29, 1.82) is 0 Å². The maximum atomic E-state index is 2.24. The smallest absolute Gasteiger partial charge is 0.0408 e. The second-order valence-electron chi connectivity index (χ2n) is 11.0. The highest BCUT2D eigenvalue weighted by molar-refractivity contribution is 5.92. The molecule has 0 heterocycles. The van der Waals surface area contributed by atoms with Gasteiger partial charge in [-0.2, -0.15) is 0 Å². The van der Waals surface area contributed by atoms with Crippen LogP contribution >= 0.6 is 0 Å². The van der Waals surface area contributed by atoms with Crippen LogP contribution in [0.5, 0.6) is 0 Å². The van der Waals surface area contributed by atoms with Gasteiger partial charge >= 0.3 is 0 Å². The van der Waals surface area contributed by atoms with E-state index >= 15 is 0 Å². The van der Waals surface area contributed by atoms with Crippen molar-refractivity contribution in [2.75, 3.05) is 23.9 Å². The summed E-state index contributed by atoms with van der Waals surface area (Å²) < 4.78 is 0. The Morgan fingerprint density at radius 1 is 0.310 bits per heavy atom. The Morgan fingerprint density at radius 2 is 0.571 bits per heavy atom. The van der Waals surface area contributed by atoms with Crippen LogP contribution in [0.3, 0.4) is 0 Å². The first-order valence-corrected chi connectivity index (χ1v) is 14.5. The van der Waals surface area contributed by atoms with Crippen LogP contribution in [0.25, 0.3) is 33.4 Å². The first kappa shape index (κ1) is 27.1. The molecule has 6 aromatic rings. The highest BCUT2D eigenvalue weighted by Gasteiger charge is 2.13. The minimum absolute atomic E-state index is 1.16. The van der Waals surface area contributed by atoms with Gasteiger partial charge in [0.15, 0.2) is 0 Å². The Labute approximate surface area is 250 Å². The molecule has 0 N–H and O–H groups in total. The van der Waals surface area contributed by atoms with Gasteiger partial charge in [-0.3, -0.25) is 0 Å². The van der Waals surface area contributed by atoms with Crippen molar-refractivity contribution in [3.63, 3.8) is 0 Å². The van der Waals surface area contributed by atoms with E-state index in [1.165, 1.54) is 55.9 Å². The topological polar surface area (TPSA) is 6.48 Å². The molecule has 0 aliphatic carbocycles. The maximum Gasteiger partial charge on any atom is 0.0408 e. The summed E-state index contributed by atoms with van der Waals surface area (Å²) in [6, 6.07) is 52.5. The summed E-state index contributed by atoms with van der Waals surface area (Å²) in [6.45, 7) is 4.24. The molecule has 0 spiro atoms. The summed E-state index contributed by atoms with van der Waals surface area (Å²) in [5.74, 6) is 0. The molecule has 0 aliphatic heterocycles. The summed E-state index contributed by atoms with van der Waals surface area (Å²) in [5.41, 5.74) is 14.5. The molecule has 0 saturated carbocycles.